The van der Waals surface area contributed by atoms with Crippen LogP contribution in [0.3, 0.4) is 0 Å². The molecule has 1 amide bonds. The highest BCUT2D eigenvalue weighted by Crippen LogP contribution is 2.30. The third-order valence-electron chi connectivity index (χ3n) is 4.63. The molecule has 0 heterocycles. The fraction of sp³-hybridized carbons (Fsp3) is 0.409. The van der Waals surface area contributed by atoms with Crippen molar-refractivity contribution in [3.05, 3.63) is 54.1 Å². The van der Waals surface area contributed by atoms with Gasteiger partial charge in [0.2, 0.25) is 15.9 Å². The highest BCUT2D eigenvalue weighted by atomic mass is 32.2. The zero-order valence-corrected chi connectivity index (χ0v) is 19.1. The van der Waals surface area contributed by atoms with Crippen LogP contribution in [-0.2, 0) is 26.0 Å². The largest absolute Gasteiger partial charge is 0.493 e. The van der Waals surface area contributed by atoms with Gasteiger partial charge in [-0.2, -0.15) is 4.31 Å². The van der Waals surface area contributed by atoms with Crippen LogP contribution in [0.25, 0.3) is 0 Å². The fourth-order valence-corrected chi connectivity index (χ4v) is 4.49. The molecule has 0 fully saturated rings. The van der Waals surface area contributed by atoms with Crippen LogP contribution in [0.15, 0.2) is 53.4 Å². The fourth-order valence-electron chi connectivity index (χ4n) is 3.08. The van der Waals surface area contributed by atoms with E-state index in [1.807, 2.05) is 30.3 Å². The number of hydrogen-bond acceptors (Lipinski definition) is 6. The topological polar surface area (TPSA) is 94.2 Å². The van der Waals surface area contributed by atoms with Crippen LogP contribution in [0.1, 0.15) is 12.5 Å². The quantitative estimate of drug-likeness (QED) is 0.532. The van der Waals surface area contributed by atoms with Gasteiger partial charge in [-0.3, -0.25) is 4.79 Å². The molecule has 0 saturated heterocycles. The smallest absolute Gasteiger partial charge is 0.243 e. The number of amides is 1. The molecule has 0 aromatic heterocycles. The molecule has 170 valence electrons. The van der Waals surface area contributed by atoms with Crippen LogP contribution in [0, 0.1) is 0 Å². The van der Waals surface area contributed by atoms with E-state index in [2.05, 4.69) is 5.32 Å². The average molecular weight is 451 g/mol. The molecule has 2 aromatic carbocycles. The van der Waals surface area contributed by atoms with Crippen LogP contribution in [0.2, 0.25) is 0 Å². The molecule has 0 aliphatic rings. The highest BCUT2D eigenvalue weighted by molar-refractivity contribution is 7.89. The number of ether oxygens (including phenoxy) is 3. The number of nitrogens with one attached hydrogen (secondary N) is 1. The Hall–Kier alpha value is -2.62. The SMILES string of the molecule is COC[C@@H](C)NC(=O)CN(CCc1ccccc1)S(=O)(=O)c1ccc(OC)c(OC)c1. The predicted molar refractivity (Wildman–Crippen MR) is 118 cm³/mol. The van der Waals surface area contributed by atoms with E-state index in [1.54, 1.807) is 6.92 Å². The van der Waals surface area contributed by atoms with Gasteiger partial charge >= 0.3 is 0 Å². The van der Waals surface area contributed by atoms with Gasteiger partial charge in [-0.25, -0.2) is 8.42 Å². The first-order valence-corrected chi connectivity index (χ1v) is 11.3. The lowest BCUT2D eigenvalue weighted by atomic mass is 10.1. The summed E-state index contributed by atoms with van der Waals surface area (Å²) in [5, 5.41) is 2.76. The summed E-state index contributed by atoms with van der Waals surface area (Å²) in [6, 6.07) is 13.6. The monoisotopic (exact) mass is 450 g/mol. The van der Waals surface area contributed by atoms with Gasteiger partial charge in [-0.1, -0.05) is 30.3 Å². The molecule has 0 aliphatic carbocycles. The molecule has 8 nitrogen and oxygen atoms in total. The maximum Gasteiger partial charge on any atom is 0.243 e. The van der Waals surface area contributed by atoms with Crippen molar-refractivity contribution in [3.8, 4) is 11.5 Å². The van der Waals surface area contributed by atoms with Gasteiger partial charge in [-0.15, -0.1) is 0 Å². The molecular weight excluding hydrogens is 420 g/mol. The number of nitrogens with zero attached hydrogens (tertiary/aromatic N) is 1. The van der Waals surface area contributed by atoms with E-state index in [-0.39, 0.29) is 24.0 Å². The Morgan fingerprint density at radius 1 is 1.03 bits per heavy atom. The summed E-state index contributed by atoms with van der Waals surface area (Å²) in [6.07, 6.45) is 0.467. The lowest BCUT2D eigenvalue weighted by Crippen LogP contribution is -2.45. The standard InChI is InChI=1S/C22H30N2O6S/c1-17(16-28-2)23-22(25)15-24(13-12-18-8-6-5-7-9-18)31(26,27)19-10-11-20(29-3)21(14-19)30-4/h5-11,14,17H,12-13,15-16H2,1-4H3,(H,23,25)/t17-/m1/s1. The number of rotatable bonds is 12. The summed E-state index contributed by atoms with van der Waals surface area (Å²) in [5.41, 5.74) is 0.975. The first-order valence-electron chi connectivity index (χ1n) is 9.86. The number of carbonyl (C=O) groups is 1. The van der Waals surface area contributed by atoms with Gasteiger partial charge in [-0.05, 0) is 31.0 Å². The third kappa shape index (κ3) is 6.95. The van der Waals surface area contributed by atoms with Crippen molar-refractivity contribution in [2.45, 2.75) is 24.3 Å². The Kier molecular flexibility index (Phi) is 9.29. The molecule has 31 heavy (non-hydrogen) atoms. The van der Waals surface area contributed by atoms with Crippen molar-refractivity contribution in [1.29, 1.82) is 0 Å². The summed E-state index contributed by atoms with van der Waals surface area (Å²) < 4.78 is 43.4. The highest BCUT2D eigenvalue weighted by Gasteiger charge is 2.28. The lowest BCUT2D eigenvalue weighted by molar-refractivity contribution is -0.122. The van der Waals surface area contributed by atoms with Crippen LogP contribution in [0.5, 0.6) is 11.5 Å². The Morgan fingerprint density at radius 3 is 2.32 bits per heavy atom. The maximum absolute atomic E-state index is 13.4. The van der Waals surface area contributed by atoms with Crippen molar-refractivity contribution in [2.75, 3.05) is 41.0 Å². The Bertz CT molecular complexity index is 950. The molecule has 0 bridgehead atoms. The second-order valence-corrected chi connectivity index (χ2v) is 8.95. The van der Waals surface area contributed by atoms with Gasteiger partial charge in [0.1, 0.15) is 0 Å². The molecule has 0 saturated carbocycles. The molecule has 9 heteroatoms. The minimum absolute atomic E-state index is 0.0240. The summed E-state index contributed by atoms with van der Waals surface area (Å²) in [5.74, 6) is 0.315. The van der Waals surface area contributed by atoms with E-state index < -0.39 is 15.9 Å². The molecule has 1 atom stereocenters. The molecular formula is C22H30N2O6S. The molecule has 2 rings (SSSR count). The summed E-state index contributed by atoms with van der Waals surface area (Å²) in [4.78, 5) is 12.6. The van der Waals surface area contributed by atoms with Crippen molar-refractivity contribution in [2.24, 2.45) is 0 Å². The Morgan fingerprint density at radius 2 is 1.71 bits per heavy atom. The predicted octanol–water partition coefficient (Wildman–Crippen LogP) is 2.09. The van der Waals surface area contributed by atoms with E-state index >= 15 is 0 Å². The molecule has 0 spiro atoms. The zero-order chi connectivity index (χ0) is 22.9. The van der Waals surface area contributed by atoms with Crippen molar-refractivity contribution >= 4 is 15.9 Å². The van der Waals surface area contributed by atoms with Crippen LogP contribution in [-0.4, -0.2) is 65.7 Å². The first-order chi connectivity index (χ1) is 14.8. The van der Waals surface area contributed by atoms with E-state index in [0.717, 1.165) is 5.56 Å². The van der Waals surface area contributed by atoms with Crippen molar-refractivity contribution < 1.29 is 27.4 Å². The number of hydrogen-bond donors (Lipinski definition) is 1. The number of carbonyl (C=O) groups excluding carboxylic acids is 1. The number of methoxy groups -OCH3 is 3. The number of benzene rings is 2. The molecule has 1 N–H and O–H groups in total. The van der Waals surface area contributed by atoms with Gasteiger partial charge < -0.3 is 19.5 Å². The summed E-state index contributed by atoms with van der Waals surface area (Å²) in [7, 11) is 0.484. The Labute approximate surface area is 184 Å². The first kappa shape index (κ1) is 24.6. The maximum atomic E-state index is 13.4. The average Bonchev–Trinajstić information content (AvgIpc) is 2.76. The normalized spacial score (nSPS) is 12.4. The van der Waals surface area contributed by atoms with E-state index in [4.69, 9.17) is 14.2 Å². The molecule has 0 aliphatic heterocycles. The van der Waals surface area contributed by atoms with Crippen LogP contribution in [0.4, 0.5) is 0 Å². The van der Waals surface area contributed by atoms with Crippen LogP contribution < -0.4 is 14.8 Å². The molecule has 0 radical (unpaired) electrons. The second-order valence-electron chi connectivity index (χ2n) is 7.01. The minimum Gasteiger partial charge on any atom is -0.493 e. The van der Waals surface area contributed by atoms with E-state index in [9.17, 15) is 13.2 Å². The Balaban J connectivity index is 2.29. The van der Waals surface area contributed by atoms with Crippen LogP contribution >= 0.6 is 0 Å². The summed E-state index contributed by atoms with van der Waals surface area (Å²) in [6.45, 7) is 1.96. The molecule has 2 aromatic rings. The van der Waals surface area contributed by atoms with Gasteiger partial charge in [0.15, 0.2) is 11.5 Å². The van der Waals surface area contributed by atoms with Crippen molar-refractivity contribution in [3.63, 3.8) is 0 Å². The third-order valence-corrected chi connectivity index (χ3v) is 6.47. The minimum atomic E-state index is -3.97. The molecule has 0 unspecified atom stereocenters. The van der Waals surface area contributed by atoms with E-state index in [0.29, 0.717) is 24.5 Å². The zero-order valence-electron chi connectivity index (χ0n) is 18.3. The van der Waals surface area contributed by atoms with Gasteiger partial charge in [0.05, 0.1) is 32.3 Å². The summed E-state index contributed by atoms with van der Waals surface area (Å²) >= 11 is 0. The second kappa shape index (κ2) is 11.7. The lowest BCUT2D eigenvalue weighted by Gasteiger charge is -2.23. The van der Waals surface area contributed by atoms with Gasteiger partial charge in [0, 0.05) is 25.8 Å². The van der Waals surface area contributed by atoms with Crippen molar-refractivity contribution in [1.82, 2.24) is 9.62 Å². The van der Waals surface area contributed by atoms with Gasteiger partial charge in [0.25, 0.3) is 0 Å². The number of sulfonamides is 1. The van der Waals surface area contributed by atoms with E-state index in [1.165, 1.54) is 43.8 Å².